The summed E-state index contributed by atoms with van der Waals surface area (Å²) in [6.07, 6.45) is -0.292. The molecule has 1 aliphatic rings. The van der Waals surface area contributed by atoms with Gasteiger partial charge in [0, 0.05) is 6.54 Å². The van der Waals surface area contributed by atoms with Crippen LogP contribution in [0.25, 0.3) is 0 Å². The number of cyclic esters (lactones) is 1. The average molecular weight is 279 g/mol. The van der Waals surface area contributed by atoms with Gasteiger partial charge in [0.05, 0.1) is 6.04 Å². The van der Waals surface area contributed by atoms with E-state index in [0.717, 1.165) is 16.7 Å². The van der Waals surface area contributed by atoms with Crippen LogP contribution in [0.4, 0.5) is 4.79 Å². The van der Waals surface area contributed by atoms with E-state index in [-0.39, 0.29) is 18.7 Å². The summed E-state index contributed by atoms with van der Waals surface area (Å²) in [4.78, 5) is 13.9. The van der Waals surface area contributed by atoms with Crippen LogP contribution >= 0.6 is 0 Å². The molecule has 0 radical (unpaired) electrons. The molecule has 1 amide bonds. The minimum absolute atomic E-state index is 0.132. The number of hydrogen-bond donors (Lipinski definition) is 0. The topological polar surface area (TPSA) is 29.5 Å². The summed E-state index contributed by atoms with van der Waals surface area (Å²) < 4.78 is 5.21. The number of rotatable bonds is 3. The van der Waals surface area contributed by atoms with Crippen molar-refractivity contribution in [3.8, 4) is 0 Å². The van der Waals surface area contributed by atoms with Crippen LogP contribution in [-0.2, 0) is 11.3 Å². The van der Waals surface area contributed by atoms with Crippen molar-refractivity contribution in [2.45, 2.75) is 12.6 Å². The first-order valence-electron chi connectivity index (χ1n) is 6.95. The quantitative estimate of drug-likeness (QED) is 0.796. The molecule has 0 aliphatic carbocycles. The first-order valence-corrected chi connectivity index (χ1v) is 6.95. The first-order chi connectivity index (χ1) is 10.3. The van der Waals surface area contributed by atoms with Gasteiger partial charge < -0.3 is 4.74 Å². The standard InChI is InChI=1S/C18H17NO2/c1-14-13-21-18(20)19(12-15-8-4-2-5-9-15)17(14)16-10-6-3-7-11-16/h2-11,17H,1,12-13H2. The van der Waals surface area contributed by atoms with E-state index in [2.05, 4.69) is 6.58 Å². The summed E-state index contributed by atoms with van der Waals surface area (Å²) in [5, 5.41) is 0. The molecular weight excluding hydrogens is 262 g/mol. The lowest BCUT2D eigenvalue weighted by atomic mass is 9.97. The number of nitrogens with zero attached hydrogens (tertiary/aromatic N) is 1. The normalized spacial score (nSPS) is 18.5. The van der Waals surface area contributed by atoms with Crippen molar-refractivity contribution < 1.29 is 9.53 Å². The highest BCUT2D eigenvalue weighted by Crippen LogP contribution is 2.33. The molecule has 0 aromatic heterocycles. The molecule has 0 saturated carbocycles. The Morgan fingerprint density at radius 3 is 2.33 bits per heavy atom. The Hall–Kier alpha value is -2.55. The molecule has 2 aromatic rings. The van der Waals surface area contributed by atoms with E-state index in [4.69, 9.17) is 4.74 Å². The number of carbonyl (C=O) groups is 1. The van der Waals surface area contributed by atoms with Crippen molar-refractivity contribution in [3.63, 3.8) is 0 Å². The van der Waals surface area contributed by atoms with Crippen LogP contribution in [0.3, 0.4) is 0 Å². The fourth-order valence-electron chi connectivity index (χ4n) is 2.63. The predicted octanol–water partition coefficient (Wildman–Crippen LogP) is 3.94. The molecule has 106 valence electrons. The third kappa shape index (κ3) is 2.82. The maximum absolute atomic E-state index is 12.2. The molecule has 1 atom stereocenters. The van der Waals surface area contributed by atoms with Crippen molar-refractivity contribution in [2.24, 2.45) is 0 Å². The van der Waals surface area contributed by atoms with E-state index < -0.39 is 0 Å². The monoisotopic (exact) mass is 279 g/mol. The molecule has 1 heterocycles. The summed E-state index contributed by atoms with van der Waals surface area (Å²) in [6.45, 7) is 4.87. The number of amides is 1. The van der Waals surface area contributed by atoms with Crippen molar-refractivity contribution in [1.82, 2.24) is 4.90 Å². The Bertz CT molecular complexity index is 637. The molecule has 1 unspecified atom stereocenters. The lowest BCUT2D eigenvalue weighted by molar-refractivity contribution is 0.0687. The van der Waals surface area contributed by atoms with E-state index in [0.29, 0.717) is 6.54 Å². The van der Waals surface area contributed by atoms with Crippen LogP contribution < -0.4 is 0 Å². The lowest BCUT2D eigenvalue weighted by Crippen LogP contribution is -2.41. The Kier molecular flexibility index (Phi) is 3.73. The molecule has 1 fully saturated rings. The Morgan fingerprint density at radius 2 is 1.67 bits per heavy atom. The Morgan fingerprint density at radius 1 is 1.05 bits per heavy atom. The van der Waals surface area contributed by atoms with E-state index in [1.807, 2.05) is 60.7 Å². The van der Waals surface area contributed by atoms with Crippen molar-refractivity contribution in [2.75, 3.05) is 6.61 Å². The van der Waals surface area contributed by atoms with E-state index in [9.17, 15) is 4.79 Å². The van der Waals surface area contributed by atoms with Gasteiger partial charge in [-0.1, -0.05) is 67.2 Å². The zero-order valence-electron chi connectivity index (χ0n) is 11.7. The second kappa shape index (κ2) is 5.83. The largest absolute Gasteiger partial charge is 0.445 e. The Labute approximate surface area is 124 Å². The molecule has 0 bridgehead atoms. The third-order valence-electron chi connectivity index (χ3n) is 3.62. The molecule has 0 N–H and O–H groups in total. The number of benzene rings is 2. The summed E-state index contributed by atoms with van der Waals surface area (Å²) in [5.41, 5.74) is 3.04. The van der Waals surface area contributed by atoms with E-state index in [1.165, 1.54) is 0 Å². The molecule has 21 heavy (non-hydrogen) atoms. The molecule has 1 aliphatic heterocycles. The van der Waals surface area contributed by atoms with Gasteiger partial charge in [0.15, 0.2) is 0 Å². The second-order valence-electron chi connectivity index (χ2n) is 5.14. The summed E-state index contributed by atoms with van der Waals surface area (Å²) in [6, 6.07) is 19.7. The molecule has 3 nitrogen and oxygen atoms in total. The second-order valence-corrected chi connectivity index (χ2v) is 5.14. The highest BCUT2D eigenvalue weighted by atomic mass is 16.6. The fourth-order valence-corrected chi connectivity index (χ4v) is 2.63. The van der Waals surface area contributed by atoms with Gasteiger partial charge in [-0.25, -0.2) is 4.79 Å². The molecular formula is C18H17NO2. The molecule has 2 aromatic carbocycles. The zero-order chi connectivity index (χ0) is 14.7. The van der Waals surface area contributed by atoms with Crippen molar-refractivity contribution in [3.05, 3.63) is 83.9 Å². The van der Waals surface area contributed by atoms with Gasteiger partial charge in [0.2, 0.25) is 0 Å². The summed E-state index contributed by atoms with van der Waals surface area (Å²) in [7, 11) is 0. The van der Waals surface area contributed by atoms with Gasteiger partial charge in [-0.3, -0.25) is 4.90 Å². The Balaban J connectivity index is 1.93. The van der Waals surface area contributed by atoms with Crippen molar-refractivity contribution >= 4 is 6.09 Å². The highest BCUT2D eigenvalue weighted by Gasteiger charge is 2.33. The molecule has 3 rings (SSSR count). The van der Waals surface area contributed by atoms with E-state index in [1.54, 1.807) is 4.90 Å². The number of hydrogen-bond acceptors (Lipinski definition) is 2. The van der Waals surface area contributed by atoms with Gasteiger partial charge >= 0.3 is 6.09 Å². The van der Waals surface area contributed by atoms with Crippen LogP contribution in [0.2, 0.25) is 0 Å². The van der Waals surface area contributed by atoms with E-state index >= 15 is 0 Å². The molecule has 3 heteroatoms. The van der Waals surface area contributed by atoms with Gasteiger partial charge in [-0.2, -0.15) is 0 Å². The smallest absolute Gasteiger partial charge is 0.411 e. The molecule has 1 saturated heterocycles. The van der Waals surface area contributed by atoms with Crippen LogP contribution in [0.1, 0.15) is 17.2 Å². The lowest BCUT2D eigenvalue weighted by Gasteiger charge is -2.36. The highest BCUT2D eigenvalue weighted by molar-refractivity contribution is 5.71. The van der Waals surface area contributed by atoms with Crippen molar-refractivity contribution in [1.29, 1.82) is 0 Å². The summed E-state index contributed by atoms with van der Waals surface area (Å²) >= 11 is 0. The molecule has 0 spiro atoms. The predicted molar refractivity (Wildman–Crippen MR) is 81.7 cm³/mol. The van der Waals surface area contributed by atoms with Crippen LogP contribution in [0.5, 0.6) is 0 Å². The van der Waals surface area contributed by atoms with Crippen LogP contribution in [-0.4, -0.2) is 17.6 Å². The minimum Gasteiger partial charge on any atom is -0.445 e. The number of ether oxygens (including phenoxy) is 1. The maximum atomic E-state index is 12.2. The third-order valence-corrected chi connectivity index (χ3v) is 3.62. The van der Waals surface area contributed by atoms with Crippen LogP contribution in [0.15, 0.2) is 72.8 Å². The number of carbonyl (C=O) groups excluding carboxylic acids is 1. The minimum atomic E-state index is -0.292. The van der Waals surface area contributed by atoms with Gasteiger partial charge in [-0.15, -0.1) is 0 Å². The zero-order valence-corrected chi connectivity index (χ0v) is 11.7. The first kappa shape index (κ1) is 13.4. The van der Waals surface area contributed by atoms with Gasteiger partial charge in [0.1, 0.15) is 6.61 Å². The van der Waals surface area contributed by atoms with Gasteiger partial charge in [0.25, 0.3) is 0 Å². The van der Waals surface area contributed by atoms with Crippen LogP contribution in [0, 0.1) is 0 Å². The van der Waals surface area contributed by atoms with Gasteiger partial charge in [-0.05, 0) is 16.7 Å². The average Bonchev–Trinajstić information content (AvgIpc) is 2.53. The SMILES string of the molecule is C=C1COC(=O)N(Cc2ccccc2)C1c1ccccc1. The fraction of sp³-hybridized carbons (Fsp3) is 0.167. The maximum Gasteiger partial charge on any atom is 0.411 e. The summed E-state index contributed by atoms with van der Waals surface area (Å²) in [5.74, 6) is 0.